The van der Waals surface area contributed by atoms with Crippen LogP contribution in [0, 0.1) is 5.92 Å². The molecule has 0 aliphatic carbocycles. The van der Waals surface area contributed by atoms with Gasteiger partial charge in [-0.1, -0.05) is 32.0 Å². The second-order valence-electron chi connectivity index (χ2n) is 5.14. The van der Waals surface area contributed by atoms with Gasteiger partial charge in [0.2, 0.25) is 11.4 Å². The van der Waals surface area contributed by atoms with Crippen LogP contribution < -0.4 is 0 Å². The van der Waals surface area contributed by atoms with Crippen LogP contribution in [0.2, 0.25) is 0 Å². The van der Waals surface area contributed by atoms with Gasteiger partial charge in [0.25, 0.3) is 0 Å². The summed E-state index contributed by atoms with van der Waals surface area (Å²) in [6.45, 7) is 3.39. The fraction of sp³-hybridized carbons (Fsp3) is 0.467. The lowest BCUT2D eigenvalue weighted by Crippen LogP contribution is -2.51. The highest BCUT2D eigenvalue weighted by atomic mass is 16.5. The first kappa shape index (κ1) is 14.5. The Morgan fingerprint density at radius 1 is 1.45 bits per heavy atom. The van der Waals surface area contributed by atoms with Crippen LogP contribution in [0.15, 0.2) is 35.3 Å². The maximum absolute atomic E-state index is 12.1. The van der Waals surface area contributed by atoms with E-state index in [0.717, 1.165) is 5.56 Å². The lowest BCUT2D eigenvalue weighted by atomic mass is 9.87. The zero-order valence-corrected chi connectivity index (χ0v) is 11.9. The molecule has 0 unspecified atom stereocenters. The molecular formula is C15H19NO4. The first-order valence-electron chi connectivity index (χ1n) is 6.56. The van der Waals surface area contributed by atoms with E-state index in [4.69, 9.17) is 9.47 Å². The van der Waals surface area contributed by atoms with E-state index in [2.05, 4.69) is 4.99 Å². The average Bonchev–Trinajstić information content (AvgIpc) is 2.88. The molecule has 0 saturated heterocycles. The van der Waals surface area contributed by atoms with Crippen LogP contribution in [-0.4, -0.2) is 42.3 Å². The van der Waals surface area contributed by atoms with Crippen molar-refractivity contribution in [2.75, 3.05) is 13.7 Å². The van der Waals surface area contributed by atoms with Gasteiger partial charge in [-0.2, -0.15) is 0 Å². The van der Waals surface area contributed by atoms with Crippen LogP contribution >= 0.6 is 0 Å². The Bertz CT molecular complexity index is 512. The number of benzene rings is 1. The van der Waals surface area contributed by atoms with Crippen molar-refractivity contribution < 1.29 is 19.4 Å². The number of ether oxygens (including phenoxy) is 2. The number of carbonyl (C=O) groups excluding carboxylic acids is 1. The number of carbonyl (C=O) groups is 1. The van der Waals surface area contributed by atoms with Gasteiger partial charge in [-0.3, -0.25) is 0 Å². The second-order valence-corrected chi connectivity index (χ2v) is 5.14. The number of hydrogen-bond acceptors (Lipinski definition) is 5. The molecule has 5 nitrogen and oxygen atoms in total. The molecule has 0 bridgehead atoms. The van der Waals surface area contributed by atoms with Gasteiger partial charge in [0.1, 0.15) is 6.10 Å². The molecule has 0 fully saturated rings. The molecule has 1 heterocycles. The number of esters is 1. The minimum Gasteiger partial charge on any atom is -0.471 e. The van der Waals surface area contributed by atoms with Gasteiger partial charge < -0.3 is 14.6 Å². The van der Waals surface area contributed by atoms with Gasteiger partial charge in [-0.05, 0) is 18.1 Å². The average molecular weight is 277 g/mol. The van der Waals surface area contributed by atoms with Gasteiger partial charge in [0.05, 0.1) is 13.7 Å². The molecule has 1 aliphatic heterocycles. The van der Waals surface area contributed by atoms with Crippen molar-refractivity contribution >= 4 is 11.9 Å². The molecule has 5 heteroatoms. The Morgan fingerprint density at radius 2 is 2.10 bits per heavy atom. The Balaban J connectivity index is 2.46. The molecule has 108 valence electrons. The molecule has 0 radical (unpaired) electrons. The molecule has 2 rings (SSSR count). The summed E-state index contributed by atoms with van der Waals surface area (Å²) < 4.78 is 10.6. The highest BCUT2D eigenvalue weighted by molar-refractivity contribution is 5.99. The molecule has 0 amide bonds. The van der Waals surface area contributed by atoms with Gasteiger partial charge in [-0.25, -0.2) is 9.79 Å². The van der Waals surface area contributed by atoms with Gasteiger partial charge in [-0.15, -0.1) is 0 Å². The zero-order chi connectivity index (χ0) is 14.8. The van der Waals surface area contributed by atoms with Crippen molar-refractivity contribution in [3.05, 3.63) is 35.9 Å². The number of nitrogens with zero attached hydrogens (tertiary/aromatic N) is 1. The number of hydrogen-bond donors (Lipinski definition) is 1. The molecule has 1 aromatic rings. The summed E-state index contributed by atoms with van der Waals surface area (Å²) in [6, 6.07) is 9.31. The smallest absolute Gasteiger partial charge is 0.340 e. The monoisotopic (exact) mass is 277 g/mol. The summed E-state index contributed by atoms with van der Waals surface area (Å²) in [5.41, 5.74) is -0.606. The van der Waals surface area contributed by atoms with Gasteiger partial charge in [0, 0.05) is 5.56 Å². The summed E-state index contributed by atoms with van der Waals surface area (Å²) in [5, 5.41) is 9.71. The van der Waals surface area contributed by atoms with Crippen LogP contribution in [0.25, 0.3) is 0 Å². The van der Waals surface area contributed by atoms with E-state index in [0.29, 0.717) is 5.90 Å². The minimum absolute atomic E-state index is 0.00575. The highest BCUT2D eigenvalue weighted by Gasteiger charge is 2.54. The maximum Gasteiger partial charge on any atom is 0.340 e. The molecule has 1 aromatic carbocycles. The van der Waals surface area contributed by atoms with Gasteiger partial charge in [0.15, 0.2) is 0 Å². The molecule has 0 spiro atoms. The number of aliphatic hydroxyl groups is 1. The molecule has 0 aromatic heterocycles. The van der Waals surface area contributed by atoms with Crippen molar-refractivity contribution in [1.82, 2.24) is 0 Å². The standard InChI is InChI=1S/C15H19NO4/c1-10(2)12-15(9-17,14(18)19-3)16-13(20-12)11-7-5-4-6-8-11/h4-8,10,12,17H,9H2,1-3H3/t12-,15+/m1/s1. The predicted octanol–water partition coefficient (Wildman–Crippen LogP) is 1.39. The van der Waals surface area contributed by atoms with Gasteiger partial charge >= 0.3 is 5.97 Å². The largest absolute Gasteiger partial charge is 0.471 e. The summed E-state index contributed by atoms with van der Waals surface area (Å²) in [4.78, 5) is 16.4. The Morgan fingerprint density at radius 3 is 2.60 bits per heavy atom. The minimum atomic E-state index is -1.38. The third-order valence-corrected chi connectivity index (χ3v) is 3.42. The van der Waals surface area contributed by atoms with Crippen LogP contribution in [0.4, 0.5) is 0 Å². The Labute approximate surface area is 118 Å². The molecule has 0 saturated carbocycles. The van der Waals surface area contributed by atoms with E-state index in [1.54, 1.807) is 0 Å². The SMILES string of the molecule is COC(=O)[C@@]1(CO)N=C(c2ccccc2)O[C@@H]1C(C)C. The normalized spacial score (nSPS) is 25.2. The van der Waals surface area contributed by atoms with Crippen molar-refractivity contribution in [1.29, 1.82) is 0 Å². The highest BCUT2D eigenvalue weighted by Crippen LogP contribution is 2.33. The maximum atomic E-state index is 12.1. The fourth-order valence-electron chi connectivity index (χ4n) is 2.42. The topological polar surface area (TPSA) is 68.1 Å². The Kier molecular flexibility index (Phi) is 4.09. The van der Waals surface area contributed by atoms with E-state index in [-0.39, 0.29) is 5.92 Å². The molecular weight excluding hydrogens is 258 g/mol. The van der Waals surface area contributed by atoms with E-state index in [1.165, 1.54) is 7.11 Å². The lowest BCUT2D eigenvalue weighted by molar-refractivity contribution is -0.152. The quantitative estimate of drug-likeness (QED) is 0.845. The molecule has 2 atom stereocenters. The van der Waals surface area contributed by atoms with E-state index < -0.39 is 24.2 Å². The summed E-state index contributed by atoms with van der Waals surface area (Å²) in [7, 11) is 1.28. The van der Waals surface area contributed by atoms with Crippen LogP contribution in [0.5, 0.6) is 0 Å². The van der Waals surface area contributed by atoms with Crippen molar-refractivity contribution in [2.24, 2.45) is 10.9 Å². The van der Waals surface area contributed by atoms with Crippen molar-refractivity contribution in [3.8, 4) is 0 Å². The number of rotatable bonds is 4. The van der Waals surface area contributed by atoms with Crippen LogP contribution in [-0.2, 0) is 14.3 Å². The van der Waals surface area contributed by atoms with Crippen molar-refractivity contribution in [2.45, 2.75) is 25.5 Å². The lowest BCUT2D eigenvalue weighted by Gasteiger charge is -2.29. The third kappa shape index (κ3) is 2.29. The summed E-state index contributed by atoms with van der Waals surface area (Å²) in [6.07, 6.45) is -0.546. The molecule has 1 N–H and O–H groups in total. The molecule has 1 aliphatic rings. The van der Waals surface area contributed by atoms with Crippen LogP contribution in [0.1, 0.15) is 19.4 Å². The van der Waals surface area contributed by atoms with Crippen LogP contribution in [0.3, 0.4) is 0 Å². The fourth-order valence-corrected chi connectivity index (χ4v) is 2.42. The number of methoxy groups -OCH3 is 1. The van der Waals surface area contributed by atoms with Crippen molar-refractivity contribution in [3.63, 3.8) is 0 Å². The van der Waals surface area contributed by atoms with E-state index >= 15 is 0 Å². The molecule has 20 heavy (non-hydrogen) atoms. The summed E-state index contributed by atoms with van der Waals surface area (Å²) in [5.74, 6) is -0.209. The Hall–Kier alpha value is -1.88. The second kappa shape index (κ2) is 5.63. The number of aliphatic hydroxyl groups excluding tert-OH is 1. The van der Waals surface area contributed by atoms with E-state index in [1.807, 2.05) is 44.2 Å². The zero-order valence-electron chi connectivity index (χ0n) is 11.9. The predicted molar refractivity (Wildman–Crippen MR) is 74.5 cm³/mol. The third-order valence-electron chi connectivity index (χ3n) is 3.42. The first-order valence-corrected chi connectivity index (χ1v) is 6.56. The van der Waals surface area contributed by atoms with E-state index in [9.17, 15) is 9.90 Å². The number of aliphatic imine (C=N–C) groups is 1. The summed E-state index contributed by atoms with van der Waals surface area (Å²) >= 11 is 0. The first-order chi connectivity index (χ1) is 9.55.